The van der Waals surface area contributed by atoms with Gasteiger partial charge >= 0.3 is 0 Å². The molecule has 3 nitrogen and oxygen atoms in total. The Hall–Kier alpha value is -1.60. The number of isocyanates is 1. The predicted molar refractivity (Wildman–Crippen MR) is 76.2 cm³/mol. The van der Waals surface area contributed by atoms with Crippen LogP contribution in [0.25, 0.3) is 0 Å². The van der Waals surface area contributed by atoms with Gasteiger partial charge in [-0.05, 0) is 31.7 Å². The van der Waals surface area contributed by atoms with Crippen molar-refractivity contribution in [3.05, 3.63) is 29.8 Å². The largest absolute Gasteiger partial charge is 0.371 e. The molecule has 0 radical (unpaired) electrons. The number of aliphatic imine (C=N–C) groups is 1. The first-order valence-electron chi connectivity index (χ1n) is 7.29. The maximum atomic E-state index is 10.9. The molecule has 0 bridgehead atoms. The zero-order valence-corrected chi connectivity index (χ0v) is 11.3. The van der Waals surface area contributed by atoms with Gasteiger partial charge in [-0.3, -0.25) is 0 Å². The van der Waals surface area contributed by atoms with Crippen molar-refractivity contribution >= 4 is 11.8 Å². The molecule has 100 valence electrons. The van der Waals surface area contributed by atoms with E-state index >= 15 is 0 Å². The van der Waals surface area contributed by atoms with Crippen molar-refractivity contribution in [2.75, 3.05) is 18.0 Å². The van der Waals surface area contributed by atoms with Gasteiger partial charge in [0.2, 0.25) is 6.08 Å². The molecule has 0 atom stereocenters. The number of benzene rings is 1. The van der Waals surface area contributed by atoms with Gasteiger partial charge in [-0.25, -0.2) is 4.79 Å². The highest BCUT2D eigenvalue weighted by Crippen LogP contribution is 2.46. The first-order chi connectivity index (χ1) is 9.36. The van der Waals surface area contributed by atoms with Crippen molar-refractivity contribution < 1.29 is 4.79 Å². The second-order valence-electron chi connectivity index (χ2n) is 5.65. The van der Waals surface area contributed by atoms with E-state index in [0.29, 0.717) is 0 Å². The highest BCUT2D eigenvalue weighted by molar-refractivity contribution is 5.58. The Morgan fingerprint density at radius 2 is 1.74 bits per heavy atom. The Kier molecular flexibility index (Phi) is 3.39. The van der Waals surface area contributed by atoms with Gasteiger partial charge in [0.1, 0.15) is 5.54 Å². The standard InChI is InChI=1S/C16H20N2O/c19-13-17-16(9-3-4-10-16)14-7-1-2-8-15(14)18-11-5-6-12-18/h1-2,7-8H,3-6,9-12H2. The second kappa shape index (κ2) is 5.18. The van der Waals surface area contributed by atoms with Crippen LogP contribution in [0.3, 0.4) is 0 Å². The van der Waals surface area contributed by atoms with Gasteiger partial charge < -0.3 is 4.90 Å². The Morgan fingerprint density at radius 1 is 1.05 bits per heavy atom. The molecule has 0 N–H and O–H groups in total. The van der Waals surface area contributed by atoms with E-state index in [4.69, 9.17) is 0 Å². The summed E-state index contributed by atoms with van der Waals surface area (Å²) >= 11 is 0. The van der Waals surface area contributed by atoms with E-state index in [1.54, 1.807) is 0 Å². The van der Waals surface area contributed by atoms with Crippen LogP contribution in [0, 0.1) is 0 Å². The number of hydrogen-bond donors (Lipinski definition) is 0. The summed E-state index contributed by atoms with van der Waals surface area (Å²) in [6.45, 7) is 2.25. The van der Waals surface area contributed by atoms with Crippen LogP contribution in [-0.2, 0) is 10.3 Å². The zero-order valence-electron chi connectivity index (χ0n) is 11.3. The average Bonchev–Trinajstić information content (AvgIpc) is 3.11. The fourth-order valence-corrected chi connectivity index (χ4v) is 3.59. The van der Waals surface area contributed by atoms with E-state index in [0.717, 1.165) is 38.8 Å². The van der Waals surface area contributed by atoms with E-state index in [1.165, 1.54) is 24.1 Å². The van der Waals surface area contributed by atoms with Crippen molar-refractivity contribution in [2.45, 2.75) is 44.1 Å². The lowest BCUT2D eigenvalue weighted by molar-refractivity contribution is 0.456. The predicted octanol–water partition coefficient (Wildman–Crippen LogP) is 3.39. The van der Waals surface area contributed by atoms with Crippen LogP contribution < -0.4 is 4.90 Å². The Morgan fingerprint density at radius 3 is 2.42 bits per heavy atom. The molecule has 0 amide bonds. The molecule has 2 fully saturated rings. The molecule has 1 aliphatic carbocycles. The number of para-hydroxylation sites is 1. The van der Waals surface area contributed by atoms with Crippen LogP contribution in [0.5, 0.6) is 0 Å². The lowest BCUT2D eigenvalue weighted by Gasteiger charge is -2.30. The summed E-state index contributed by atoms with van der Waals surface area (Å²) in [6, 6.07) is 8.49. The molecule has 1 aliphatic heterocycles. The number of nitrogens with zero attached hydrogens (tertiary/aromatic N) is 2. The van der Waals surface area contributed by atoms with E-state index in [2.05, 4.69) is 34.2 Å². The molecule has 1 saturated carbocycles. The van der Waals surface area contributed by atoms with Crippen molar-refractivity contribution in [1.82, 2.24) is 0 Å². The van der Waals surface area contributed by atoms with E-state index in [-0.39, 0.29) is 5.54 Å². The van der Waals surface area contributed by atoms with E-state index in [9.17, 15) is 4.79 Å². The average molecular weight is 256 g/mol. The third-order valence-corrected chi connectivity index (χ3v) is 4.54. The Bertz CT molecular complexity index is 493. The second-order valence-corrected chi connectivity index (χ2v) is 5.65. The minimum atomic E-state index is -0.305. The van der Waals surface area contributed by atoms with Crippen molar-refractivity contribution in [2.24, 2.45) is 4.99 Å². The topological polar surface area (TPSA) is 32.7 Å². The van der Waals surface area contributed by atoms with Gasteiger partial charge in [-0.1, -0.05) is 31.0 Å². The Balaban J connectivity index is 2.05. The Labute approximate surface area is 114 Å². The summed E-state index contributed by atoms with van der Waals surface area (Å²) in [5, 5.41) is 0. The molecular weight excluding hydrogens is 236 g/mol. The number of hydrogen-bond acceptors (Lipinski definition) is 3. The lowest BCUT2D eigenvalue weighted by Crippen LogP contribution is -2.26. The summed E-state index contributed by atoms with van der Waals surface area (Å²) in [5.41, 5.74) is 2.21. The summed E-state index contributed by atoms with van der Waals surface area (Å²) < 4.78 is 0. The molecule has 1 saturated heterocycles. The third-order valence-electron chi connectivity index (χ3n) is 4.54. The monoisotopic (exact) mass is 256 g/mol. The fourth-order valence-electron chi connectivity index (χ4n) is 3.59. The quantitative estimate of drug-likeness (QED) is 0.613. The van der Waals surface area contributed by atoms with E-state index < -0.39 is 0 Å². The first-order valence-corrected chi connectivity index (χ1v) is 7.29. The van der Waals surface area contributed by atoms with Gasteiger partial charge in [0.25, 0.3) is 0 Å². The molecule has 0 aromatic heterocycles. The molecule has 3 rings (SSSR count). The van der Waals surface area contributed by atoms with Crippen molar-refractivity contribution in [1.29, 1.82) is 0 Å². The highest BCUT2D eigenvalue weighted by atomic mass is 16.1. The van der Waals surface area contributed by atoms with Crippen molar-refractivity contribution in [3.63, 3.8) is 0 Å². The van der Waals surface area contributed by atoms with Crippen molar-refractivity contribution in [3.8, 4) is 0 Å². The van der Waals surface area contributed by atoms with Crippen LogP contribution in [0.4, 0.5) is 5.69 Å². The number of carbonyl (C=O) groups excluding carboxylic acids is 1. The maximum Gasteiger partial charge on any atom is 0.235 e. The molecule has 1 heterocycles. The minimum Gasteiger partial charge on any atom is -0.371 e. The molecule has 1 aromatic carbocycles. The van der Waals surface area contributed by atoms with Crippen LogP contribution in [0.2, 0.25) is 0 Å². The van der Waals surface area contributed by atoms with Crippen LogP contribution in [-0.4, -0.2) is 19.2 Å². The molecule has 2 aliphatic rings. The zero-order chi connectivity index (χ0) is 13.1. The van der Waals surface area contributed by atoms with E-state index in [1.807, 2.05) is 6.08 Å². The number of anilines is 1. The highest BCUT2D eigenvalue weighted by Gasteiger charge is 2.38. The van der Waals surface area contributed by atoms with Gasteiger partial charge in [-0.15, -0.1) is 0 Å². The lowest BCUT2D eigenvalue weighted by atomic mass is 9.87. The molecule has 0 spiro atoms. The number of rotatable bonds is 3. The molecule has 19 heavy (non-hydrogen) atoms. The smallest absolute Gasteiger partial charge is 0.235 e. The van der Waals surface area contributed by atoms with Gasteiger partial charge in [0, 0.05) is 24.3 Å². The normalized spacial score (nSPS) is 21.4. The van der Waals surface area contributed by atoms with Gasteiger partial charge in [0.15, 0.2) is 0 Å². The SMILES string of the molecule is O=C=NC1(c2ccccc2N2CCCC2)CCCC1. The molecule has 0 unspecified atom stereocenters. The first kappa shape index (κ1) is 12.4. The minimum absolute atomic E-state index is 0.305. The summed E-state index contributed by atoms with van der Waals surface area (Å²) in [5.74, 6) is 0. The van der Waals surface area contributed by atoms with Crippen LogP contribution in [0.15, 0.2) is 29.3 Å². The van der Waals surface area contributed by atoms with Crippen LogP contribution >= 0.6 is 0 Å². The molecule has 1 aromatic rings. The summed E-state index contributed by atoms with van der Waals surface area (Å²) in [4.78, 5) is 17.5. The molecular formula is C16H20N2O. The fraction of sp³-hybridized carbons (Fsp3) is 0.562. The van der Waals surface area contributed by atoms with Gasteiger partial charge in [-0.2, -0.15) is 4.99 Å². The summed E-state index contributed by atoms with van der Waals surface area (Å²) in [7, 11) is 0. The maximum absolute atomic E-state index is 10.9. The molecule has 3 heteroatoms. The summed E-state index contributed by atoms with van der Waals surface area (Å²) in [6.07, 6.45) is 8.61. The third kappa shape index (κ3) is 2.19. The van der Waals surface area contributed by atoms with Crippen LogP contribution in [0.1, 0.15) is 44.1 Å². The van der Waals surface area contributed by atoms with Gasteiger partial charge in [0.05, 0.1) is 0 Å².